The summed E-state index contributed by atoms with van der Waals surface area (Å²) in [4.78, 5) is 6.93. The number of benzene rings is 3. The summed E-state index contributed by atoms with van der Waals surface area (Å²) in [7, 11) is 0. The van der Waals surface area contributed by atoms with Crippen molar-refractivity contribution in [1.82, 2.24) is 15.2 Å². The number of alkyl halides is 1. The van der Waals surface area contributed by atoms with Gasteiger partial charge < -0.3 is 5.32 Å². The standard InChI is InChI=1S/C29H29Cl2N3/c30-27-12-6-4-11-26(27)29(31)34-17-15-23(19-24(34)18-21-8-2-1-3-9-21)33-20-22-14-16-32-28-13-7-5-10-25(22)28/h1-14,16,23-24,29,33H,15,17-20H2/t23-,24+,29?/m0/s1. The first-order valence-electron chi connectivity index (χ1n) is 11.9. The molecule has 0 bridgehead atoms. The van der Waals surface area contributed by atoms with Crippen LogP contribution in [0.1, 0.15) is 35.0 Å². The van der Waals surface area contributed by atoms with Gasteiger partial charge >= 0.3 is 0 Å². The van der Waals surface area contributed by atoms with E-state index in [9.17, 15) is 0 Å². The van der Waals surface area contributed by atoms with Crippen LogP contribution in [0.15, 0.2) is 91.1 Å². The van der Waals surface area contributed by atoms with Crippen LogP contribution < -0.4 is 5.32 Å². The minimum absolute atomic E-state index is 0.243. The molecule has 0 aliphatic carbocycles. The number of halogens is 2. The summed E-state index contributed by atoms with van der Waals surface area (Å²) < 4.78 is 0. The number of hydrogen-bond acceptors (Lipinski definition) is 3. The van der Waals surface area contributed by atoms with Gasteiger partial charge in [-0.05, 0) is 48.6 Å². The number of piperidine rings is 1. The molecule has 3 aromatic carbocycles. The van der Waals surface area contributed by atoms with Crippen molar-refractivity contribution in [3.05, 3.63) is 113 Å². The minimum Gasteiger partial charge on any atom is -0.310 e. The molecule has 0 radical (unpaired) electrons. The second-order valence-corrected chi connectivity index (χ2v) is 9.85. The summed E-state index contributed by atoms with van der Waals surface area (Å²) in [6.45, 7) is 1.76. The van der Waals surface area contributed by atoms with Crippen LogP contribution in [-0.4, -0.2) is 28.5 Å². The largest absolute Gasteiger partial charge is 0.310 e. The lowest BCUT2D eigenvalue weighted by Gasteiger charge is -2.42. The van der Waals surface area contributed by atoms with Gasteiger partial charge in [-0.1, -0.05) is 78.3 Å². The lowest BCUT2D eigenvalue weighted by molar-refractivity contribution is 0.109. The molecule has 1 saturated heterocycles. The van der Waals surface area contributed by atoms with Gasteiger partial charge in [-0.2, -0.15) is 0 Å². The van der Waals surface area contributed by atoms with E-state index in [1.807, 2.05) is 36.5 Å². The SMILES string of the molecule is Clc1ccccc1C(Cl)N1CC[C@H](NCc2ccnc3ccccc23)C[C@H]1Cc1ccccc1. The molecular formula is C29H29Cl2N3. The van der Waals surface area contributed by atoms with Crippen molar-refractivity contribution >= 4 is 34.1 Å². The highest BCUT2D eigenvalue weighted by atomic mass is 35.5. The van der Waals surface area contributed by atoms with Gasteiger partial charge in [-0.3, -0.25) is 9.88 Å². The maximum atomic E-state index is 7.05. The van der Waals surface area contributed by atoms with Crippen LogP contribution in [-0.2, 0) is 13.0 Å². The summed E-state index contributed by atoms with van der Waals surface area (Å²) in [5, 5.41) is 5.78. The Labute approximate surface area is 211 Å². The van der Waals surface area contributed by atoms with E-state index in [4.69, 9.17) is 23.2 Å². The zero-order chi connectivity index (χ0) is 23.3. The Morgan fingerprint density at radius 1 is 0.941 bits per heavy atom. The number of nitrogens with zero attached hydrogens (tertiary/aromatic N) is 2. The van der Waals surface area contributed by atoms with Crippen LogP contribution in [0.3, 0.4) is 0 Å². The molecule has 1 unspecified atom stereocenters. The van der Waals surface area contributed by atoms with E-state index in [1.165, 1.54) is 16.5 Å². The summed E-state index contributed by atoms with van der Waals surface area (Å²) >= 11 is 13.6. The molecule has 5 rings (SSSR count). The summed E-state index contributed by atoms with van der Waals surface area (Å²) in [6, 6.07) is 29.8. The van der Waals surface area contributed by atoms with Crippen molar-refractivity contribution in [3.63, 3.8) is 0 Å². The lowest BCUT2D eigenvalue weighted by atomic mass is 9.91. The average Bonchev–Trinajstić information content (AvgIpc) is 2.88. The van der Waals surface area contributed by atoms with Crippen LogP contribution in [0.25, 0.3) is 10.9 Å². The molecule has 1 aromatic heterocycles. The van der Waals surface area contributed by atoms with Crippen LogP contribution in [0, 0.1) is 0 Å². The molecule has 1 aliphatic rings. The van der Waals surface area contributed by atoms with Gasteiger partial charge in [0.15, 0.2) is 0 Å². The van der Waals surface area contributed by atoms with E-state index in [0.29, 0.717) is 12.1 Å². The van der Waals surface area contributed by atoms with Crippen molar-refractivity contribution in [2.45, 2.75) is 43.4 Å². The number of hydrogen-bond donors (Lipinski definition) is 1. The highest BCUT2D eigenvalue weighted by Gasteiger charge is 2.33. The molecule has 4 aromatic rings. The summed E-state index contributed by atoms with van der Waals surface area (Å²) in [5.74, 6) is 0. The number of pyridine rings is 1. The van der Waals surface area contributed by atoms with Crippen LogP contribution in [0.5, 0.6) is 0 Å². The molecule has 0 saturated carbocycles. The van der Waals surface area contributed by atoms with E-state index in [-0.39, 0.29) is 5.50 Å². The maximum Gasteiger partial charge on any atom is 0.112 e. The monoisotopic (exact) mass is 489 g/mol. The summed E-state index contributed by atoms with van der Waals surface area (Å²) in [6.07, 6.45) is 4.94. The van der Waals surface area contributed by atoms with Gasteiger partial charge in [-0.15, -0.1) is 11.6 Å². The Morgan fingerprint density at radius 3 is 2.56 bits per heavy atom. The highest BCUT2D eigenvalue weighted by Crippen LogP contribution is 2.36. The first-order valence-corrected chi connectivity index (χ1v) is 12.7. The van der Waals surface area contributed by atoms with Gasteiger partial charge in [0.05, 0.1) is 5.52 Å². The summed E-state index contributed by atoms with van der Waals surface area (Å²) in [5.41, 5.74) is 4.41. The molecule has 1 aliphatic heterocycles. The first kappa shape index (κ1) is 23.3. The molecule has 3 nitrogen and oxygen atoms in total. The zero-order valence-electron chi connectivity index (χ0n) is 19.1. The van der Waals surface area contributed by atoms with Crippen molar-refractivity contribution in [1.29, 1.82) is 0 Å². The molecule has 3 atom stereocenters. The Morgan fingerprint density at radius 2 is 1.71 bits per heavy atom. The Kier molecular flexibility index (Phi) is 7.46. The van der Waals surface area contributed by atoms with Crippen molar-refractivity contribution in [2.24, 2.45) is 0 Å². The van der Waals surface area contributed by atoms with Crippen LogP contribution in [0.4, 0.5) is 0 Å². The van der Waals surface area contributed by atoms with Crippen LogP contribution in [0.2, 0.25) is 5.02 Å². The Hall–Kier alpha value is -2.43. The molecule has 34 heavy (non-hydrogen) atoms. The van der Waals surface area contributed by atoms with Gasteiger partial charge in [0, 0.05) is 47.3 Å². The van der Waals surface area contributed by atoms with Gasteiger partial charge in [0.2, 0.25) is 0 Å². The van der Waals surface area contributed by atoms with E-state index in [0.717, 1.165) is 48.5 Å². The average molecular weight is 490 g/mol. The molecule has 2 heterocycles. The van der Waals surface area contributed by atoms with Gasteiger partial charge in [-0.25, -0.2) is 0 Å². The number of likely N-dealkylation sites (tertiary alicyclic amines) is 1. The topological polar surface area (TPSA) is 28.2 Å². The molecule has 5 heteroatoms. The fraction of sp³-hybridized carbons (Fsp3) is 0.276. The second kappa shape index (κ2) is 10.9. The van der Waals surface area contributed by atoms with Crippen molar-refractivity contribution in [2.75, 3.05) is 6.54 Å². The van der Waals surface area contributed by atoms with Gasteiger partial charge in [0.25, 0.3) is 0 Å². The zero-order valence-corrected chi connectivity index (χ0v) is 20.6. The number of rotatable bonds is 7. The molecule has 1 fully saturated rings. The van der Waals surface area contributed by atoms with E-state index in [2.05, 4.69) is 69.8 Å². The predicted octanol–water partition coefficient (Wildman–Crippen LogP) is 6.99. The van der Waals surface area contributed by atoms with E-state index >= 15 is 0 Å². The van der Waals surface area contributed by atoms with E-state index in [1.54, 1.807) is 0 Å². The van der Waals surface area contributed by atoms with E-state index < -0.39 is 0 Å². The third-order valence-electron chi connectivity index (χ3n) is 6.85. The first-order chi connectivity index (χ1) is 16.7. The normalized spacial score (nSPS) is 19.8. The van der Waals surface area contributed by atoms with Crippen molar-refractivity contribution in [3.8, 4) is 0 Å². The lowest BCUT2D eigenvalue weighted by Crippen LogP contribution is -2.49. The number of aromatic nitrogens is 1. The molecular weight excluding hydrogens is 461 g/mol. The smallest absolute Gasteiger partial charge is 0.112 e. The molecule has 0 amide bonds. The number of para-hydroxylation sites is 1. The van der Waals surface area contributed by atoms with Crippen LogP contribution >= 0.6 is 23.2 Å². The predicted molar refractivity (Wildman–Crippen MR) is 142 cm³/mol. The maximum absolute atomic E-state index is 7.05. The van der Waals surface area contributed by atoms with Gasteiger partial charge in [0.1, 0.15) is 5.50 Å². The molecule has 0 spiro atoms. The second-order valence-electron chi connectivity index (χ2n) is 9.03. The molecule has 174 valence electrons. The fourth-order valence-electron chi connectivity index (χ4n) is 5.05. The number of fused-ring (bicyclic) bond motifs is 1. The highest BCUT2D eigenvalue weighted by molar-refractivity contribution is 6.32. The Bertz CT molecular complexity index is 1220. The fourth-order valence-corrected chi connectivity index (χ4v) is 5.79. The minimum atomic E-state index is -0.243. The third-order valence-corrected chi connectivity index (χ3v) is 7.68. The van der Waals surface area contributed by atoms with Crippen molar-refractivity contribution < 1.29 is 0 Å². The molecule has 1 N–H and O–H groups in total. The quantitative estimate of drug-likeness (QED) is 0.224. The third kappa shape index (κ3) is 5.29. The number of nitrogens with one attached hydrogen (secondary N) is 1. The Balaban J connectivity index is 1.33.